The topological polar surface area (TPSA) is 64.3 Å². The Bertz CT molecular complexity index is 457. The molecule has 4 heteroatoms. The third-order valence-electron chi connectivity index (χ3n) is 2.66. The number of nitrogens with one attached hydrogen (secondary N) is 1. The monoisotopic (exact) mass is 260 g/mol. The van der Waals surface area contributed by atoms with Gasteiger partial charge in [0.05, 0.1) is 19.2 Å². The molecule has 1 unspecified atom stereocenters. The van der Waals surface area contributed by atoms with Gasteiger partial charge in [-0.05, 0) is 24.6 Å². The fourth-order valence-electron chi connectivity index (χ4n) is 1.60. The number of rotatable bonds is 5. The standard InChI is InChI=1S/C15H20N2O2/c1-12(17-15(18)9-11-19-2)14-7-5-13(6-8-14)4-3-10-16/h5-8,12H,9-11,16H2,1-2H3,(H,17,18). The molecule has 1 amide bonds. The van der Waals surface area contributed by atoms with Crippen LogP contribution < -0.4 is 11.1 Å². The van der Waals surface area contributed by atoms with Crippen LogP contribution >= 0.6 is 0 Å². The zero-order valence-corrected chi connectivity index (χ0v) is 11.4. The van der Waals surface area contributed by atoms with Gasteiger partial charge in [-0.15, -0.1) is 0 Å². The second-order valence-electron chi connectivity index (χ2n) is 4.16. The van der Waals surface area contributed by atoms with Gasteiger partial charge in [-0.3, -0.25) is 4.79 Å². The Balaban J connectivity index is 2.57. The summed E-state index contributed by atoms with van der Waals surface area (Å²) in [6, 6.07) is 7.75. The quantitative estimate of drug-likeness (QED) is 0.782. The first-order valence-corrected chi connectivity index (χ1v) is 6.24. The van der Waals surface area contributed by atoms with Crippen molar-refractivity contribution in [3.63, 3.8) is 0 Å². The van der Waals surface area contributed by atoms with E-state index in [1.54, 1.807) is 7.11 Å². The van der Waals surface area contributed by atoms with Crippen molar-refractivity contribution in [1.29, 1.82) is 0 Å². The summed E-state index contributed by atoms with van der Waals surface area (Å²) < 4.78 is 4.87. The first-order chi connectivity index (χ1) is 9.17. The van der Waals surface area contributed by atoms with E-state index >= 15 is 0 Å². The molecule has 4 nitrogen and oxygen atoms in total. The second kappa shape index (κ2) is 8.30. The molecule has 1 atom stereocenters. The van der Waals surface area contributed by atoms with Gasteiger partial charge in [-0.25, -0.2) is 0 Å². The lowest BCUT2D eigenvalue weighted by Crippen LogP contribution is -2.27. The molecular formula is C15H20N2O2. The zero-order valence-electron chi connectivity index (χ0n) is 11.4. The molecule has 0 aliphatic rings. The SMILES string of the molecule is COCCC(=O)NC(C)c1ccc(C#CCN)cc1. The van der Waals surface area contributed by atoms with Crippen molar-refractivity contribution in [3.8, 4) is 11.8 Å². The van der Waals surface area contributed by atoms with E-state index in [0.29, 0.717) is 19.6 Å². The highest BCUT2D eigenvalue weighted by molar-refractivity contribution is 5.76. The van der Waals surface area contributed by atoms with E-state index in [1.807, 2.05) is 31.2 Å². The highest BCUT2D eigenvalue weighted by Crippen LogP contribution is 2.13. The Hall–Kier alpha value is -1.83. The van der Waals surface area contributed by atoms with Gasteiger partial charge in [0.15, 0.2) is 0 Å². The third-order valence-corrected chi connectivity index (χ3v) is 2.66. The van der Waals surface area contributed by atoms with Gasteiger partial charge in [0.25, 0.3) is 0 Å². The van der Waals surface area contributed by atoms with Gasteiger partial charge in [-0.2, -0.15) is 0 Å². The molecule has 0 heterocycles. The average molecular weight is 260 g/mol. The lowest BCUT2D eigenvalue weighted by atomic mass is 10.1. The summed E-state index contributed by atoms with van der Waals surface area (Å²) in [5.41, 5.74) is 7.29. The van der Waals surface area contributed by atoms with E-state index in [0.717, 1.165) is 11.1 Å². The van der Waals surface area contributed by atoms with Gasteiger partial charge < -0.3 is 15.8 Å². The van der Waals surface area contributed by atoms with E-state index in [4.69, 9.17) is 10.5 Å². The van der Waals surface area contributed by atoms with Gasteiger partial charge >= 0.3 is 0 Å². The Morgan fingerprint density at radius 1 is 1.42 bits per heavy atom. The van der Waals surface area contributed by atoms with Crippen molar-refractivity contribution in [3.05, 3.63) is 35.4 Å². The van der Waals surface area contributed by atoms with E-state index in [9.17, 15) is 4.79 Å². The number of nitrogens with two attached hydrogens (primary N) is 1. The van der Waals surface area contributed by atoms with Crippen LogP contribution in [0.5, 0.6) is 0 Å². The highest BCUT2D eigenvalue weighted by Gasteiger charge is 2.08. The molecule has 1 rings (SSSR count). The minimum absolute atomic E-state index is 0.0126. The van der Waals surface area contributed by atoms with Crippen molar-refractivity contribution < 1.29 is 9.53 Å². The first-order valence-electron chi connectivity index (χ1n) is 6.24. The molecule has 1 aromatic rings. The number of hydrogen-bond donors (Lipinski definition) is 2. The molecule has 0 aliphatic carbocycles. The van der Waals surface area contributed by atoms with Crippen molar-refractivity contribution in [1.82, 2.24) is 5.32 Å². The Kier molecular flexibility index (Phi) is 6.65. The average Bonchev–Trinajstić information content (AvgIpc) is 2.43. The van der Waals surface area contributed by atoms with E-state index in [2.05, 4.69) is 17.2 Å². The van der Waals surface area contributed by atoms with Crippen LogP contribution in [-0.4, -0.2) is 26.2 Å². The van der Waals surface area contributed by atoms with Gasteiger partial charge in [0.2, 0.25) is 5.91 Å². The van der Waals surface area contributed by atoms with Crippen LogP contribution in [0.4, 0.5) is 0 Å². The minimum atomic E-state index is -0.0270. The number of hydrogen-bond acceptors (Lipinski definition) is 3. The maximum atomic E-state index is 11.6. The number of carbonyl (C=O) groups is 1. The molecule has 0 aromatic heterocycles. The summed E-state index contributed by atoms with van der Waals surface area (Å²) in [7, 11) is 1.58. The lowest BCUT2D eigenvalue weighted by molar-refractivity contribution is -0.122. The van der Waals surface area contributed by atoms with Crippen molar-refractivity contribution in [2.45, 2.75) is 19.4 Å². The molecule has 102 valence electrons. The summed E-state index contributed by atoms with van der Waals surface area (Å²) in [5.74, 6) is 5.75. The Morgan fingerprint density at radius 2 is 2.11 bits per heavy atom. The van der Waals surface area contributed by atoms with Crippen LogP contribution in [0.25, 0.3) is 0 Å². The zero-order chi connectivity index (χ0) is 14.1. The predicted molar refractivity (Wildman–Crippen MR) is 75.4 cm³/mol. The molecule has 0 saturated heterocycles. The highest BCUT2D eigenvalue weighted by atomic mass is 16.5. The molecular weight excluding hydrogens is 240 g/mol. The van der Waals surface area contributed by atoms with Crippen molar-refractivity contribution in [2.75, 3.05) is 20.3 Å². The van der Waals surface area contributed by atoms with Crippen LogP contribution in [-0.2, 0) is 9.53 Å². The van der Waals surface area contributed by atoms with Crippen LogP contribution in [0.2, 0.25) is 0 Å². The normalized spacial score (nSPS) is 11.3. The van der Waals surface area contributed by atoms with Crippen LogP contribution in [0, 0.1) is 11.8 Å². The molecule has 0 fully saturated rings. The maximum absolute atomic E-state index is 11.6. The van der Waals surface area contributed by atoms with E-state index in [1.165, 1.54) is 0 Å². The smallest absolute Gasteiger partial charge is 0.222 e. The molecule has 1 aromatic carbocycles. The largest absolute Gasteiger partial charge is 0.384 e. The molecule has 0 aliphatic heterocycles. The fraction of sp³-hybridized carbons (Fsp3) is 0.400. The van der Waals surface area contributed by atoms with Gasteiger partial charge in [0.1, 0.15) is 0 Å². The maximum Gasteiger partial charge on any atom is 0.222 e. The summed E-state index contributed by atoms with van der Waals surface area (Å²) in [6.45, 7) is 2.74. The summed E-state index contributed by atoms with van der Waals surface area (Å²) in [6.07, 6.45) is 0.376. The number of ether oxygens (including phenoxy) is 1. The van der Waals surface area contributed by atoms with E-state index < -0.39 is 0 Å². The Morgan fingerprint density at radius 3 is 2.68 bits per heavy atom. The molecule has 0 radical (unpaired) electrons. The number of amides is 1. The molecule has 0 spiro atoms. The number of methoxy groups -OCH3 is 1. The van der Waals surface area contributed by atoms with Crippen LogP contribution in [0.3, 0.4) is 0 Å². The van der Waals surface area contributed by atoms with Crippen molar-refractivity contribution in [2.24, 2.45) is 5.73 Å². The lowest BCUT2D eigenvalue weighted by Gasteiger charge is -2.14. The fourth-order valence-corrected chi connectivity index (χ4v) is 1.60. The second-order valence-corrected chi connectivity index (χ2v) is 4.16. The number of benzene rings is 1. The third kappa shape index (κ3) is 5.56. The van der Waals surface area contributed by atoms with Crippen LogP contribution in [0.15, 0.2) is 24.3 Å². The van der Waals surface area contributed by atoms with Crippen LogP contribution in [0.1, 0.15) is 30.5 Å². The molecule has 19 heavy (non-hydrogen) atoms. The van der Waals surface area contributed by atoms with Crippen molar-refractivity contribution >= 4 is 5.91 Å². The molecule has 0 saturated carbocycles. The summed E-state index contributed by atoms with van der Waals surface area (Å²) in [5, 5.41) is 2.92. The molecule has 0 bridgehead atoms. The van der Waals surface area contributed by atoms with Gasteiger partial charge in [0, 0.05) is 19.1 Å². The minimum Gasteiger partial charge on any atom is -0.384 e. The molecule has 3 N–H and O–H groups in total. The first kappa shape index (κ1) is 15.2. The summed E-state index contributed by atoms with van der Waals surface area (Å²) in [4.78, 5) is 11.6. The van der Waals surface area contributed by atoms with Gasteiger partial charge in [-0.1, -0.05) is 24.0 Å². The number of carbonyl (C=O) groups excluding carboxylic acids is 1. The predicted octanol–water partition coefficient (Wildman–Crippen LogP) is 1.21. The Labute approximate surface area is 114 Å². The van der Waals surface area contributed by atoms with E-state index in [-0.39, 0.29) is 11.9 Å². The summed E-state index contributed by atoms with van der Waals surface area (Å²) >= 11 is 0.